The molecule has 1 heterocycles. The highest BCUT2D eigenvalue weighted by Gasteiger charge is 2.01. The third kappa shape index (κ3) is 7.62. The van der Waals surface area contributed by atoms with Gasteiger partial charge in [0.05, 0.1) is 22.8 Å². The van der Waals surface area contributed by atoms with Crippen molar-refractivity contribution in [2.45, 2.75) is 19.8 Å². The fourth-order valence-electron chi connectivity index (χ4n) is 2.78. The summed E-state index contributed by atoms with van der Waals surface area (Å²) in [6.07, 6.45) is 8.95. The summed E-state index contributed by atoms with van der Waals surface area (Å²) in [7, 11) is 0. The van der Waals surface area contributed by atoms with E-state index in [2.05, 4.69) is 64.6 Å². The van der Waals surface area contributed by atoms with Gasteiger partial charge in [-0.25, -0.2) is 0 Å². The number of benzene rings is 1. The Hall–Kier alpha value is -3.40. The van der Waals surface area contributed by atoms with Crippen LogP contribution < -0.4 is 10.6 Å². The Morgan fingerprint density at radius 3 is 2.21 bits per heavy atom. The summed E-state index contributed by atoms with van der Waals surface area (Å²) in [6.45, 7) is 15.3. The van der Waals surface area contributed by atoms with E-state index in [4.69, 9.17) is 0 Å². The molecule has 1 aromatic carbocycles. The Balaban J connectivity index is 1.74. The molecule has 4 nitrogen and oxygen atoms in total. The first-order valence-electron chi connectivity index (χ1n) is 9.80. The Kier molecular flexibility index (Phi) is 9.16. The van der Waals surface area contributed by atoms with Crippen LogP contribution in [0.4, 0.5) is 0 Å². The average Bonchev–Trinajstić information content (AvgIpc) is 2.75. The quantitative estimate of drug-likeness (QED) is 0.411. The Bertz CT molecular complexity index is 861. The Morgan fingerprint density at radius 1 is 1.00 bits per heavy atom. The minimum absolute atomic E-state index is 0.803. The number of allylic oxidation sites excluding steroid dienone is 2. The van der Waals surface area contributed by atoms with E-state index in [9.17, 15) is 0 Å². The van der Waals surface area contributed by atoms with Crippen molar-refractivity contribution in [3.8, 4) is 0 Å². The van der Waals surface area contributed by atoms with Gasteiger partial charge in [-0.3, -0.25) is 9.98 Å². The van der Waals surface area contributed by atoms with E-state index in [1.54, 1.807) is 18.5 Å². The lowest BCUT2D eigenvalue weighted by molar-refractivity contribution is 0.793. The van der Waals surface area contributed by atoms with Crippen LogP contribution in [-0.2, 0) is 12.8 Å². The van der Waals surface area contributed by atoms with Gasteiger partial charge in [0, 0.05) is 25.5 Å². The lowest BCUT2D eigenvalue weighted by Gasteiger charge is -2.11. The molecule has 0 saturated carbocycles. The zero-order valence-electron chi connectivity index (χ0n) is 17.2. The van der Waals surface area contributed by atoms with Gasteiger partial charge in [-0.15, -0.1) is 0 Å². The smallest absolute Gasteiger partial charge is 0.0854 e. The number of aliphatic imine (C=N–C) groups is 1. The monoisotopic (exact) mass is 386 g/mol. The summed E-state index contributed by atoms with van der Waals surface area (Å²) in [5.74, 6) is 0. The van der Waals surface area contributed by atoms with Crippen LogP contribution in [0.1, 0.15) is 23.7 Å². The van der Waals surface area contributed by atoms with Crippen molar-refractivity contribution in [2.24, 2.45) is 4.99 Å². The molecule has 0 aliphatic heterocycles. The molecule has 2 aromatic rings. The molecule has 2 rings (SSSR count). The topological polar surface area (TPSA) is 49.3 Å². The first-order valence-corrected chi connectivity index (χ1v) is 9.80. The van der Waals surface area contributed by atoms with Crippen LogP contribution in [0, 0.1) is 0 Å². The van der Waals surface area contributed by atoms with E-state index in [0.717, 1.165) is 48.7 Å². The largest absolute Gasteiger partial charge is 0.383 e. The number of hydrogen-bond acceptors (Lipinski definition) is 4. The lowest BCUT2D eigenvalue weighted by atomic mass is 10.1. The number of aromatic nitrogens is 1. The minimum atomic E-state index is 0.803. The molecule has 0 unspecified atom stereocenters. The SMILES string of the molecule is C=C/C=C(\N=CC)C(=C)NCCc1ccc(CCNC(=C)c2ccccn2)cc1. The normalized spacial score (nSPS) is 11.3. The molecule has 29 heavy (non-hydrogen) atoms. The van der Waals surface area contributed by atoms with Gasteiger partial charge in [0.1, 0.15) is 0 Å². The maximum Gasteiger partial charge on any atom is 0.0854 e. The molecule has 150 valence electrons. The van der Waals surface area contributed by atoms with Crippen LogP contribution in [0.2, 0.25) is 0 Å². The molecule has 0 atom stereocenters. The van der Waals surface area contributed by atoms with Crippen LogP contribution >= 0.6 is 0 Å². The van der Waals surface area contributed by atoms with Crippen LogP contribution in [0.5, 0.6) is 0 Å². The fourth-order valence-corrected chi connectivity index (χ4v) is 2.78. The maximum atomic E-state index is 4.30. The number of pyridine rings is 1. The highest BCUT2D eigenvalue weighted by Crippen LogP contribution is 2.09. The van der Waals surface area contributed by atoms with Gasteiger partial charge in [-0.2, -0.15) is 0 Å². The summed E-state index contributed by atoms with van der Waals surface area (Å²) in [4.78, 5) is 8.60. The molecule has 1 aromatic heterocycles. The molecule has 0 radical (unpaired) electrons. The highest BCUT2D eigenvalue weighted by molar-refractivity contribution is 5.58. The molecule has 4 heteroatoms. The summed E-state index contributed by atoms with van der Waals surface area (Å²) in [5, 5.41) is 6.67. The highest BCUT2D eigenvalue weighted by atomic mass is 14.9. The lowest BCUT2D eigenvalue weighted by Crippen LogP contribution is -2.17. The second kappa shape index (κ2) is 12.1. The van der Waals surface area contributed by atoms with Crippen molar-refractivity contribution in [3.05, 3.63) is 109 Å². The Morgan fingerprint density at radius 2 is 1.66 bits per heavy atom. The number of hydrogen-bond donors (Lipinski definition) is 2. The zero-order valence-corrected chi connectivity index (χ0v) is 17.2. The molecular formula is C25H30N4. The van der Waals surface area contributed by atoms with Crippen molar-refractivity contribution >= 4 is 11.9 Å². The predicted octanol–water partition coefficient (Wildman–Crippen LogP) is 4.69. The number of rotatable bonds is 12. The minimum Gasteiger partial charge on any atom is -0.383 e. The second-order valence-corrected chi connectivity index (χ2v) is 6.52. The average molecular weight is 387 g/mol. The van der Waals surface area contributed by atoms with Crippen LogP contribution in [0.25, 0.3) is 5.70 Å². The first-order chi connectivity index (χ1) is 14.1. The second-order valence-electron chi connectivity index (χ2n) is 6.52. The molecule has 0 aliphatic rings. The van der Waals surface area contributed by atoms with Gasteiger partial charge in [0.25, 0.3) is 0 Å². The van der Waals surface area contributed by atoms with Crippen LogP contribution in [0.3, 0.4) is 0 Å². The van der Waals surface area contributed by atoms with E-state index < -0.39 is 0 Å². The van der Waals surface area contributed by atoms with E-state index in [0.29, 0.717) is 0 Å². The zero-order chi connectivity index (χ0) is 20.9. The van der Waals surface area contributed by atoms with Crippen molar-refractivity contribution in [1.82, 2.24) is 15.6 Å². The predicted molar refractivity (Wildman–Crippen MR) is 125 cm³/mol. The number of nitrogens with one attached hydrogen (secondary N) is 2. The summed E-state index contributed by atoms with van der Waals surface area (Å²) < 4.78 is 0. The molecule has 0 bridgehead atoms. The molecule has 2 N–H and O–H groups in total. The summed E-state index contributed by atoms with van der Waals surface area (Å²) in [5.41, 5.74) is 5.92. The third-order valence-electron chi connectivity index (χ3n) is 4.35. The summed E-state index contributed by atoms with van der Waals surface area (Å²) >= 11 is 0. The van der Waals surface area contributed by atoms with Crippen LogP contribution in [0.15, 0.2) is 96.9 Å². The summed E-state index contributed by atoms with van der Waals surface area (Å²) in [6, 6.07) is 14.5. The molecule has 0 fully saturated rings. The molecule has 0 amide bonds. The fraction of sp³-hybridized carbons (Fsp3) is 0.200. The molecule has 0 saturated heterocycles. The molecular weight excluding hydrogens is 356 g/mol. The van der Waals surface area contributed by atoms with Crippen molar-refractivity contribution in [1.29, 1.82) is 0 Å². The third-order valence-corrected chi connectivity index (χ3v) is 4.35. The van der Waals surface area contributed by atoms with Crippen molar-refractivity contribution in [2.75, 3.05) is 13.1 Å². The van der Waals surface area contributed by atoms with Gasteiger partial charge in [0.2, 0.25) is 0 Å². The molecule has 0 spiro atoms. The number of nitrogens with zero attached hydrogens (tertiary/aromatic N) is 2. The van der Waals surface area contributed by atoms with E-state index in [1.165, 1.54) is 11.1 Å². The standard InChI is InChI=1S/C25H30N4/c1-5-9-24(26-6-2)20(3)27-18-15-22-11-13-23(14-12-22)16-19-28-21(4)25-10-7-8-17-29-25/h5-14,17,27-28H,1,3-4,15-16,18-19H2,2H3/b24-9-,26-6?. The van der Waals surface area contributed by atoms with Gasteiger partial charge in [0.15, 0.2) is 0 Å². The Labute approximate surface area is 174 Å². The van der Waals surface area contributed by atoms with Gasteiger partial charge < -0.3 is 10.6 Å². The van der Waals surface area contributed by atoms with E-state index >= 15 is 0 Å². The van der Waals surface area contributed by atoms with Gasteiger partial charge in [-0.05, 0) is 49.1 Å². The molecule has 0 aliphatic carbocycles. The van der Waals surface area contributed by atoms with Crippen molar-refractivity contribution < 1.29 is 0 Å². The van der Waals surface area contributed by atoms with E-state index in [-0.39, 0.29) is 0 Å². The van der Waals surface area contributed by atoms with Gasteiger partial charge >= 0.3 is 0 Å². The maximum absolute atomic E-state index is 4.30. The van der Waals surface area contributed by atoms with Crippen LogP contribution in [-0.4, -0.2) is 24.3 Å². The first kappa shape index (κ1) is 21.9. The van der Waals surface area contributed by atoms with Crippen molar-refractivity contribution in [3.63, 3.8) is 0 Å². The van der Waals surface area contributed by atoms with E-state index in [1.807, 2.05) is 31.2 Å². The van der Waals surface area contributed by atoms with Gasteiger partial charge in [-0.1, -0.05) is 56.1 Å².